The van der Waals surface area contributed by atoms with Gasteiger partial charge >= 0.3 is 7.60 Å². The number of amides is 2. The van der Waals surface area contributed by atoms with Gasteiger partial charge in [-0.05, 0) is 49.1 Å². The van der Waals surface area contributed by atoms with Crippen LogP contribution in [0.2, 0.25) is 0 Å². The van der Waals surface area contributed by atoms with Gasteiger partial charge in [-0.2, -0.15) is 0 Å². The second-order valence-electron chi connectivity index (χ2n) is 8.90. The van der Waals surface area contributed by atoms with Gasteiger partial charge in [0.15, 0.2) is 5.75 Å². The van der Waals surface area contributed by atoms with Gasteiger partial charge in [-0.15, -0.1) is 0 Å². The minimum Gasteiger partial charge on any atom is -0.505 e. The topological polar surface area (TPSA) is 151 Å². The second-order valence-corrected chi connectivity index (χ2v) is 10.7. The molecule has 38 heavy (non-hydrogen) atoms. The summed E-state index contributed by atoms with van der Waals surface area (Å²) in [6, 6.07) is 7.56. The molecule has 1 aromatic carbocycles. The molecular formula is C25H28FN4O7P. The Morgan fingerprint density at radius 1 is 1.21 bits per heavy atom. The molecule has 202 valence electrons. The Bertz CT molecular complexity index is 1480. The molecule has 1 aliphatic heterocycles. The van der Waals surface area contributed by atoms with E-state index in [1.54, 1.807) is 23.1 Å². The third kappa shape index (κ3) is 6.09. The van der Waals surface area contributed by atoms with E-state index in [-0.39, 0.29) is 42.5 Å². The van der Waals surface area contributed by atoms with E-state index in [4.69, 9.17) is 4.52 Å². The van der Waals surface area contributed by atoms with Crippen LogP contribution in [0.4, 0.5) is 4.39 Å². The fraction of sp³-hybridized carbons (Fsp3) is 0.360. The zero-order chi connectivity index (χ0) is 27.4. The molecule has 1 unspecified atom stereocenters. The Morgan fingerprint density at radius 2 is 1.95 bits per heavy atom. The molecule has 0 radical (unpaired) electrons. The van der Waals surface area contributed by atoms with Crippen LogP contribution in [-0.4, -0.2) is 62.2 Å². The van der Waals surface area contributed by atoms with Crippen molar-refractivity contribution in [2.45, 2.75) is 32.7 Å². The van der Waals surface area contributed by atoms with Crippen LogP contribution in [0, 0.1) is 5.82 Å². The lowest BCUT2D eigenvalue weighted by Crippen LogP contribution is -2.37. The van der Waals surface area contributed by atoms with Crippen molar-refractivity contribution in [2.24, 2.45) is 0 Å². The van der Waals surface area contributed by atoms with Gasteiger partial charge in [0.1, 0.15) is 23.2 Å². The first-order valence-electron chi connectivity index (χ1n) is 12.1. The molecule has 1 atom stereocenters. The molecule has 0 bridgehead atoms. The quantitative estimate of drug-likeness (QED) is 0.328. The summed E-state index contributed by atoms with van der Waals surface area (Å²) in [5.74, 6) is -2.14. The Morgan fingerprint density at radius 3 is 2.61 bits per heavy atom. The van der Waals surface area contributed by atoms with E-state index in [0.29, 0.717) is 31.4 Å². The number of aromatic hydroxyl groups is 1. The number of halogens is 1. The molecule has 0 aliphatic carbocycles. The van der Waals surface area contributed by atoms with Gasteiger partial charge in [0.05, 0.1) is 12.1 Å². The first kappa shape index (κ1) is 27.4. The van der Waals surface area contributed by atoms with Crippen LogP contribution < -0.4 is 10.9 Å². The van der Waals surface area contributed by atoms with Crippen molar-refractivity contribution in [3.8, 4) is 5.75 Å². The predicted octanol–water partition coefficient (Wildman–Crippen LogP) is 2.36. The SMILES string of the molecule is CCOP(=O)(O)CNC(=O)c1c(O)c2ncc(Cc3ccc(F)cc3)cc2n(CCN2CCCC2=O)c1=O. The summed E-state index contributed by atoms with van der Waals surface area (Å²) >= 11 is 0. The van der Waals surface area contributed by atoms with Crippen molar-refractivity contribution >= 4 is 30.4 Å². The van der Waals surface area contributed by atoms with E-state index in [2.05, 4.69) is 10.3 Å². The van der Waals surface area contributed by atoms with Crippen LogP contribution in [0.15, 0.2) is 41.3 Å². The average molecular weight is 546 g/mol. The number of pyridine rings is 2. The summed E-state index contributed by atoms with van der Waals surface area (Å²) in [6.07, 6.45) is 2.21. The Labute approximate surface area is 217 Å². The van der Waals surface area contributed by atoms with Gasteiger partial charge < -0.3 is 29.3 Å². The molecule has 1 fully saturated rings. The number of aromatic nitrogens is 2. The highest BCUT2D eigenvalue weighted by molar-refractivity contribution is 7.52. The predicted molar refractivity (Wildman–Crippen MR) is 136 cm³/mol. The fourth-order valence-corrected chi connectivity index (χ4v) is 5.22. The van der Waals surface area contributed by atoms with Crippen molar-refractivity contribution in [2.75, 3.05) is 26.0 Å². The van der Waals surface area contributed by atoms with E-state index in [0.717, 1.165) is 5.56 Å². The van der Waals surface area contributed by atoms with E-state index in [1.165, 1.54) is 29.8 Å². The van der Waals surface area contributed by atoms with Crippen LogP contribution in [0.1, 0.15) is 41.3 Å². The number of benzene rings is 1. The van der Waals surface area contributed by atoms with Crippen LogP contribution in [0.5, 0.6) is 5.75 Å². The van der Waals surface area contributed by atoms with Gasteiger partial charge in [0.2, 0.25) is 5.91 Å². The monoisotopic (exact) mass is 546 g/mol. The lowest BCUT2D eigenvalue weighted by atomic mass is 10.1. The molecule has 1 saturated heterocycles. The minimum atomic E-state index is -4.14. The highest BCUT2D eigenvalue weighted by Gasteiger charge is 2.27. The smallest absolute Gasteiger partial charge is 0.347 e. The number of nitrogens with one attached hydrogen (secondary N) is 1. The van der Waals surface area contributed by atoms with Gasteiger partial charge in [0, 0.05) is 32.3 Å². The summed E-state index contributed by atoms with van der Waals surface area (Å²) in [7, 11) is -4.14. The van der Waals surface area contributed by atoms with Crippen molar-refractivity contribution in [3.05, 3.63) is 69.4 Å². The molecule has 1 aliphatic rings. The Kier molecular flexibility index (Phi) is 8.25. The maximum atomic E-state index is 13.5. The Balaban J connectivity index is 1.74. The third-order valence-electron chi connectivity index (χ3n) is 6.22. The molecule has 3 aromatic rings. The number of likely N-dealkylation sites (tertiary alicyclic amines) is 1. The van der Waals surface area contributed by atoms with E-state index in [9.17, 15) is 33.3 Å². The van der Waals surface area contributed by atoms with Crippen molar-refractivity contribution in [1.29, 1.82) is 0 Å². The molecule has 0 spiro atoms. The second kappa shape index (κ2) is 11.4. The van der Waals surface area contributed by atoms with Crippen LogP contribution in [0.3, 0.4) is 0 Å². The molecule has 3 N–H and O–H groups in total. The number of carbonyl (C=O) groups excluding carboxylic acids is 2. The van der Waals surface area contributed by atoms with E-state index in [1.807, 2.05) is 0 Å². The molecule has 2 amide bonds. The van der Waals surface area contributed by atoms with Gasteiger partial charge in [0.25, 0.3) is 11.5 Å². The van der Waals surface area contributed by atoms with Crippen molar-refractivity contribution in [1.82, 2.24) is 19.8 Å². The number of hydrogen-bond donors (Lipinski definition) is 3. The average Bonchev–Trinajstić information content (AvgIpc) is 3.28. The highest BCUT2D eigenvalue weighted by atomic mass is 31.2. The summed E-state index contributed by atoms with van der Waals surface area (Å²) in [4.78, 5) is 54.2. The first-order valence-corrected chi connectivity index (χ1v) is 13.9. The zero-order valence-corrected chi connectivity index (χ0v) is 21.6. The molecule has 11 nitrogen and oxygen atoms in total. The maximum Gasteiger partial charge on any atom is 0.347 e. The van der Waals surface area contributed by atoms with Crippen molar-refractivity contribution < 1.29 is 33.1 Å². The van der Waals surface area contributed by atoms with Crippen LogP contribution >= 0.6 is 7.60 Å². The third-order valence-corrected chi connectivity index (χ3v) is 7.44. The molecule has 4 rings (SSSR count). The highest BCUT2D eigenvalue weighted by Crippen LogP contribution is 2.40. The molecule has 13 heteroatoms. The lowest BCUT2D eigenvalue weighted by molar-refractivity contribution is -0.127. The minimum absolute atomic E-state index is 0.0256. The fourth-order valence-electron chi connectivity index (χ4n) is 4.38. The summed E-state index contributed by atoms with van der Waals surface area (Å²) in [5, 5.41) is 13.1. The maximum absolute atomic E-state index is 13.5. The van der Waals surface area contributed by atoms with Crippen molar-refractivity contribution in [3.63, 3.8) is 0 Å². The van der Waals surface area contributed by atoms with Gasteiger partial charge in [-0.25, -0.2) is 4.39 Å². The van der Waals surface area contributed by atoms with Gasteiger partial charge in [-0.3, -0.25) is 23.9 Å². The zero-order valence-electron chi connectivity index (χ0n) is 20.7. The number of fused-ring (bicyclic) bond motifs is 1. The largest absolute Gasteiger partial charge is 0.505 e. The first-order chi connectivity index (χ1) is 18.1. The summed E-state index contributed by atoms with van der Waals surface area (Å²) in [5.41, 5.74) is 0.209. The number of rotatable bonds is 10. The number of nitrogens with zero attached hydrogens (tertiary/aromatic N) is 3. The molecular weight excluding hydrogens is 518 g/mol. The van der Waals surface area contributed by atoms with Gasteiger partial charge in [-0.1, -0.05) is 12.1 Å². The number of carbonyl (C=O) groups is 2. The molecule has 3 heterocycles. The van der Waals surface area contributed by atoms with E-state index >= 15 is 0 Å². The molecule has 2 aromatic heterocycles. The summed E-state index contributed by atoms with van der Waals surface area (Å²) in [6.45, 7) is 2.24. The van der Waals surface area contributed by atoms with Crippen LogP contribution in [-0.2, 0) is 26.8 Å². The van der Waals surface area contributed by atoms with E-state index < -0.39 is 36.7 Å². The van der Waals surface area contributed by atoms with Crippen LogP contribution in [0.25, 0.3) is 11.0 Å². The summed E-state index contributed by atoms with van der Waals surface area (Å²) < 4.78 is 31.3. The normalized spacial score (nSPS) is 15.1. The standard InChI is InChI=1S/C25H28FN4O7P/c1-2-37-38(35,36)15-28-24(33)21-23(32)22-19(30(25(21)34)11-10-29-9-3-4-20(29)31)13-17(14-27-22)12-16-5-7-18(26)8-6-16/h5-8,13-14,32H,2-4,9-12,15H2,1H3,(H,28,33)(H,35,36). The molecule has 0 saturated carbocycles. The number of hydrogen-bond acceptors (Lipinski definition) is 7. The lowest BCUT2D eigenvalue weighted by Gasteiger charge is -2.19. The Hall–Kier alpha value is -3.60.